The van der Waals surface area contributed by atoms with Crippen LogP contribution >= 0.6 is 0 Å². The molecule has 90 valence electrons. The molecule has 0 amide bonds. The summed E-state index contributed by atoms with van der Waals surface area (Å²) in [5, 5.41) is 1.45. The van der Waals surface area contributed by atoms with Gasteiger partial charge in [0.25, 0.3) is 0 Å². The first-order chi connectivity index (χ1) is 8.30. The molecule has 17 heavy (non-hydrogen) atoms. The molecule has 0 aliphatic heterocycles. The molecule has 2 aromatic rings. The minimum absolute atomic E-state index is 0.409. The predicted octanol–water partition coefficient (Wildman–Crippen LogP) is 4.56. The first kappa shape index (κ1) is 10.9. The quantitative estimate of drug-likeness (QED) is 0.774. The molecular weight excluding hydrogens is 206 g/mol. The lowest BCUT2D eigenvalue weighted by Crippen LogP contribution is -2.29. The van der Waals surface area contributed by atoms with E-state index in [1.165, 1.54) is 48.7 Å². The van der Waals surface area contributed by atoms with Gasteiger partial charge in [0, 0.05) is 22.0 Å². The molecule has 0 atom stereocenters. The third-order valence-electron chi connectivity index (χ3n) is 4.78. The Morgan fingerprint density at radius 1 is 1.18 bits per heavy atom. The van der Waals surface area contributed by atoms with E-state index in [4.69, 9.17) is 0 Å². The predicted molar refractivity (Wildman–Crippen MR) is 73.5 cm³/mol. The van der Waals surface area contributed by atoms with E-state index in [0.717, 1.165) is 0 Å². The maximum atomic E-state index is 3.71. The molecular formula is C16H21N. The number of para-hydroxylation sites is 1. The molecule has 0 saturated heterocycles. The highest BCUT2D eigenvalue weighted by atomic mass is 14.8. The molecule has 1 N–H and O–H groups in total. The lowest BCUT2D eigenvalue weighted by molar-refractivity contribution is 0.328. The highest BCUT2D eigenvalue weighted by molar-refractivity contribution is 5.85. The summed E-state index contributed by atoms with van der Waals surface area (Å²) in [6.45, 7) is 4.67. The van der Waals surface area contributed by atoms with Gasteiger partial charge in [-0.05, 0) is 43.7 Å². The SMILES string of the molecule is CCC1(CC)CCCc2c1[nH]c1ccccc21. The Morgan fingerprint density at radius 2 is 1.94 bits per heavy atom. The zero-order valence-electron chi connectivity index (χ0n) is 10.8. The normalized spacial score (nSPS) is 18.2. The van der Waals surface area contributed by atoms with Crippen LogP contribution in [0.3, 0.4) is 0 Å². The minimum Gasteiger partial charge on any atom is -0.358 e. The number of nitrogens with one attached hydrogen (secondary N) is 1. The zero-order chi connectivity index (χ0) is 11.9. The molecule has 0 radical (unpaired) electrons. The van der Waals surface area contributed by atoms with Gasteiger partial charge in [0.15, 0.2) is 0 Å². The van der Waals surface area contributed by atoms with E-state index in [1.54, 1.807) is 5.56 Å². The molecule has 0 bridgehead atoms. The van der Waals surface area contributed by atoms with Gasteiger partial charge in [-0.25, -0.2) is 0 Å². The lowest BCUT2D eigenvalue weighted by Gasteiger charge is -2.35. The van der Waals surface area contributed by atoms with Gasteiger partial charge in [0.2, 0.25) is 0 Å². The minimum atomic E-state index is 0.409. The van der Waals surface area contributed by atoms with Gasteiger partial charge in [0.1, 0.15) is 0 Å². The summed E-state index contributed by atoms with van der Waals surface area (Å²) in [6, 6.07) is 8.77. The van der Waals surface area contributed by atoms with Crippen molar-refractivity contribution in [2.75, 3.05) is 0 Å². The van der Waals surface area contributed by atoms with Crippen LogP contribution < -0.4 is 0 Å². The average molecular weight is 227 g/mol. The largest absolute Gasteiger partial charge is 0.358 e. The van der Waals surface area contributed by atoms with Crippen molar-refractivity contribution in [2.24, 2.45) is 0 Å². The van der Waals surface area contributed by atoms with E-state index in [0.29, 0.717) is 5.41 Å². The summed E-state index contributed by atoms with van der Waals surface area (Å²) in [7, 11) is 0. The van der Waals surface area contributed by atoms with Crippen molar-refractivity contribution >= 4 is 10.9 Å². The fourth-order valence-corrected chi connectivity index (χ4v) is 3.60. The first-order valence-corrected chi connectivity index (χ1v) is 6.91. The number of H-pyrrole nitrogens is 1. The van der Waals surface area contributed by atoms with E-state index >= 15 is 0 Å². The van der Waals surface area contributed by atoms with Gasteiger partial charge in [-0.3, -0.25) is 0 Å². The van der Waals surface area contributed by atoms with Crippen molar-refractivity contribution < 1.29 is 0 Å². The Kier molecular flexibility index (Phi) is 2.50. The summed E-state index contributed by atoms with van der Waals surface area (Å²) in [4.78, 5) is 3.71. The topological polar surface area (TPSA) is 15.8 Å². The molecule has 1 heterocycles. The lowest BCUT2D eigenvalue weighted by atomic mass is 9.70. The van der Waals surface area contributed by atoms with Crippen LogP contribution in [0.1, 0.15) is 50.8 Å². The summed E-state index contributed by atoms with van der Waals surface area (Å²) in [6.07, 6.45) is 6.45. The van der Waals surface area contributed by atoms with E-state index in [1.807, 2.05) is 0 Å². The number of aromatic amines is 1. The Hall–Kier alpha value is -1.24. The third-order valence-corrected chi connectivity index (χ3v) is 4.78. The first-order valence-electron chi connectivity index (χ1n) is 6.91. The fraction of sp³-hybridized carbons (Fsp3) is 0.500. The van der Waals surface area contributed by atoms with Gasteiger partial charge in [-0.1, -0.05) is 32.0 Å². The second kappa shape index (κ2) is 3.90. The van der Waals surface area contributed by atoms with Gasteiger partial charge < -0.3 is 4.98 Å². The highest BCUT2D eigenvalue weighted by Crippen LogP contribution is 2.44. The van der Waals surface area contributed by atoms with Gasteiger partial charge in [-0.15, -0.1) is 0 Å². The summed E-state index contributed by atoms with van der Waals surface area (Å²) in [5.74, 6) is 0. The molecule has 0 spiro atoms. The van der Waals surface area contributed by atoms with Crippen molar-refractivity contribution in [3.8, 4) is 0 Å². The van der Waals surface area contributed by atoms with E-state index in [2.05, 4.69) is 43.1 Å². The summed E-state index contributed by atoms with van der Waals surface area (Å²) >= 11 is 0. The number of hydrogen-bond acceptors (Lipinski definition) is 0. The van der Waals surface area contributed by atoms with Crippen LogP contribution in [0.25, 0.3) is 10.9 Å². The van der Waals surface area contributed by atoms with E-state index in [9.17, 15) is 0 Å². The summed E-state index contributed by atoms with van der Waals surface area (Å²) in [5.41, 5.74) is 4.86. The molecule has 0 unspecified atom stereocenters. The Bertz CT molecular complexity index is 531. The zero-order valence-corrected chi connectivity index (χ0v) is 10.8. The fourth-order valence-electron chi connectivity index (χ4n) is 3.60. The van der Waals surface area contributed by atoms with Crippen LogP contribution in [-0.4, -0.2) is 4.98 Å². The Labute approximate surface area is 103 Å². The van der Waals surface area contributed by atoms with Crippen molar-refractivity contribution in [2.45, 2.75) is 51.4 Å². The number of aryl methyl sites for hydroxylation is 1. The van der Waals surface area contributed by atoms with Crippen LogP contribution in [0.4, 0.5) is 0 Å². The maximum absolute atomic E-state index is 3.71. The van der Waals surface area contributed by atoms with Crippen molar-refractivity contribution in [1.82, 2.24) is 4.98 Å². The number of rotatable bonds is 2. The molecule has 1 aliphatic carbocycles. The Balaban J connectivity index is 2.27. The van der Waals surface area contributed by atoms with Gasteiger partial charge >= 0.3 is 0 Å². The third kappa shape index (κ3) is 1.45. The second-order valence-corrected chi connectivity index (χ2v) is 5.37. The Morgan fingerprint density at radius 3 is 2.71 bits per heavy atom. The highest BCUT2D eigenvalue weighted by Gasteiger charge is 2.35. The van der Waals surface area contributed by atoms with Crippen LogP contribution in [0.15, 0.2) is 24.3 Å². The molecule has 1 nitrogen and oxygen atoms in total. The summed E-state index contributed by atoms with van der Waals surface area (Å²) < 4.78 is 0. The molecule has 1 aliphatic rings. The van der Waals surface area contributed by atoms with Gasteiger partial charge in [-0.2, -0.15) is 0 Å². The molecule has 1 heteroatoms. The van der Waals surface area contributed by atoms with E-state index in [-0.39, 0.29) is 0 Å². The van der Waals surface area contributed by atoms with Crippen molar-refractivity contribution in [3.05, 3.63) is 35.5 Å². The number of benzene rings is 1. The maximum Gasteiger partial charge on any atom is 0.0459 e. The van der Waals surface area contributed by atoms with Crippen LogP contribution in [0.5, 0.6) is 0 Å². The van der Waals surface area contributed by atoms with Gasteiger partial charge in [0.05, 0.1) is 0 Å². The van der Waals surface area contributed by atoms with E-state index < -0.39 is 0 Å². The standard InChI is InChI=1S/C16H21N/c1-3-16(4-2)11-7-9-13-12-8-5-6-10-14(12)17-15(13)16/h5-6,8,10,17H,3-4,7,9,11H2,1-2H3. The van der Waals surface area contributed by atoms with Crippen molar-refractivity contribution in [1.29, 1.82) is 0 Å². The smallest absolute Gasteiger partial charge is 0.0459 e. The molecule has 0 fully saturated rings. The van der Waals surface area contributed by atoms with Crippen LogP contribution in [0, 0.1) is 0 Å². The average Bonchev–Trinajstić information content (AvgIpc) is 2.77. The second-order valence-electron chi connectivity index (χ2n) is 5.37. The van der Waals surface area contributed by atoms with Crippen molar-refractivity contribution in [3.63, 3.8) is 0 Å². The molecule has 1 aromatic carbocycles. The monoisotopic (exact) mass is 227 g/mol. The van der Waals surface area contributed by atoms with Crippen LogP contribution in [0.2, 0.25) is 0 Å². The number of fused-ring (bicyclic) bond motifs is 3. The molecule has 0 saturated carbocycles. The molecule has 1 aromatic heterocycles. The number of aromatic nitrogens is 1. The van der Waals surface area contributed by atoms with Crippen LogP contribution in [-0.2, 0) is 11.8 Å². The number of hydrogen-bond donors (Lipinski definition) is 1. The molecule has 3 rings (SSSR count).